The van der Waals surface area contributed by atoms with Gasteiger partial charge in [0, 0.05) is 6.20 Å². The largest absolute Gasteiger partial charge is 0.347 e. The summed E-state index contributed by atoms with van der Waals surface area (Å²) in [5.41, 5.74) is 2.55. The third kappa shape index (κ3) is 1.45. The van der Waals surface area contributed by atoms with E-state index in [-0.39, 0.29) is 0 Å². The average Bonchev–Trinajstić information content (AvgIpc) is 2.34. The highest BCUT2D eigenvalue weighted by Crippen LogP contribution is 1.99. The molecule has 0 radical (unpaired) electrons. The number of H-pyrrole nitrogens is 1. The average molecular weight is 125 g/mol. The second-order valence-electron chi connectivity index (χ2n) is 1.41. The second kappa shape index (κ2) is 2.71. The van der Waals surface area contributed by atoms with Gasteiger partial charge in [-0.2, -0.15) is 0 Å². The molecule has 4 N–H and O–H groups in total. The Morgan fingerprint density at radius 1 is 1.67 bits per heavy atom. The van der Waals surface area contributed by atoms with Crippen molar-refractivity contribution in [2.45, 2.75) is 0 Å². The van der Waals surface area contributed by atoms with Gasteiger partial charge in [0.2, 0.25) is 0 Å². The van der Waals surface area contributed by atoms with Gasteiger partial charge in [-0.15, -0.1) is 0 Å². The number of rotatable bonds is 2. The van der Waals surface area contributed by atoms with E-state index < -0.39 is 0 Å². The van der Waals surface area contributed by atoms with Crippen LogP contribution in [0.3, 0.4) is 0 Å². The zero-order valence-corrected chi connectivity index (χ0v) is 4.70. The summed E-state index contributed by atoms with van der Waals surface area (Å²) >= 11 is 0. The molecule has 0 spiro atoms. The first-order valence-corrected chi connectivity index (χ1v) is 2.43. The van der Waals surface area contributed by atoms with Crippen LogP contribution in [0.2, 0.25) is 0 Å². The molecule has 0 saturated heterocycles. The molecular weight excluding hydrogens is 118 g/mol. The van der Waals surface area contributed by atoms with E-state index >= 15 is 0 Å². The van der Waals surface area contributed by atoms with Crippen molar-refractivity contribution in [1.29, 1.82) is 0 Å². The van der Waals surface area contributed by atoms with Gasteiger partial charge < -0.3 is 10.8 Å². The molecule has 0 atom stereocenters. The van der Waals surface area contributed by atoms with E-state index in [1.165, 1.54) is 0 Å². The van der Waals surface area contributed by atoms with E-state index in [9.17, 15) is 0 Å². The molecule has 0 aliphatic carbocycles. The normalized spacial score (nSPS) is 10.2. The first-order valence-electron chi connectivity index (χ1n) is 2.43. The minimum Gasteiger partial charge on any atom is -0.347 e. The smallest absolute Gasteiger partial charge is 0.125 e. The molecular formula is C4H7N5. The number of nitrogens with zero attached hydrogens (tertiary/aromatic N) is 2. The molecule has 1 aromatic heterocycles. The quantitative estimate of drug-likeness (QED) is 0.308. The van der Waals surface area contributed by atoms with Gasteiger partial charge in [-0.3, -0.25) is 0 Å². The van der Waals surface area contributed by atoms with E-state index in [0.717, 1.165) is 5.82 Å². The molecule has 9 heavy (non-hydrogen) atoms. The van der Waals surface area contributed by atoms with Gasteiger partial charge in [0.05, 0.1) is 0 Å². The first kappa shape index (κ1) is 5.61. The second-order valence-corrected chi connectivity index (χ2v) is 1.41. The molecule has 48 valence electrons. The number of hydrogen-bond acceptors (Lipinski definition) is 2. The van der Waals surface area contributed by atoms with Gasteiger partial charge in [-0.05, 0) is 12.1 Å². The molecule has 0 fully saturated rings. The Labute approximate surface area is 51.9 Å². The van der Waals surface area contributed by atoms with Crippen molar-refractivity contribution in [3.05, 3.63) is 18.3 Å². The monoisotopic (exact) mass is 125 g/mol. The molecule has 1 rings (SSSR count). The van der Waals surface area contributed by atoms with Crippen LogP contribution in [0.25, 0.3) is 0 Å². The summed E-state index contributed by atoms with van der Waals surface area (Å²) in [6.07, 6.45) is 1.77. The van der Waals surface area contributed by atoms with Crippen LogP contribution in [0, 0.1) is 0 Å². The SMILES string of the molecule is NN=NNc1ccc[nH]1. The maximum absolute atomic E-state index is 4.73. The van der Waals surface area contributed by atoms with Gasteiger partial charge in [0.15, 0.2) is 0 Å². The predicted octanol–water partition coefficient (Wildman–Crippen LogP) is 0.668. The zero-order valence-electron chi connectivity index (χ0n) is 4.70. The van der Waals surface area contributed by atoms with Crippen LogP contribution in [0.1, 0.15) is 0 Å². The van der Waals surface area contributed by atoms with Crippen LogP contribution in [-0.2, 0) is 0 Å². The topological polar surface area (TPSA) is 78.6 Å². The zero-order chi connectivity index (χ0) is 6.53. The molecule has 0 aromatic carbocycles. The third-order valence-corrected chi connectivity index (χ3v) is 0.826. The number of hydrogen-bond donors (Lipinski definition) is 3. The molecule has 0 saturated carbocycles. The van der Waals surface area contributed by atoms with Crippen molar-refractivity contribution >= 4 is 5.82 Å². The number of nitrogens with one attached hydrogen (secondary N) is 2. The molecule has 1 heterocycles. The van der Waals surface area contributed by atoms with Crippen molar-refractivity contribution in [3.63, 3.8) is 0 Å². The molecule has 1 aromatic rings. The number of anilines is 1. The number of nitrogens with two attached hydrogens (primary N) is 1. The highest BCUT2D eigenvalue weighted by atomic mass is 15.5. The lowest BCUT2D eigenvalue weighted by Gasteiger charge is -1.88. The van der Waals surface area contributed by atoms with Crippen LogP contribution in [0.15, 0.2) is 28.8 Å². The van der Waals surface area contributed by atoms with Gasteiger partial charge in [0.25, 0.3) is 0 Å². The van der Waals surface area contributed by atoms with Crippen LogP contribution < -0.4 is 11.3 Å². The van der Waals surface area contributed by atoms with Crippen molar-refractivity contribution < 1.29 is 0 Å². The Bertz CT molecular complexity index is 177. The Morgan fingerprint density at radius 2 is 2.56 bits per heavy atom. The van der Waals surface area contributed by atoms with E-state index in [2.05, 4.69) is 20.9 Å². The van der Waals surface area contributed by atoms with Crippen LogP contribution in [0.5, 0.6) is 0 Å². The predicted molar refractivity (Wildman–Crippen MR) is 33.5 cm³/mol. The Hall–Kier alpha value is -1.52. The lowest BCUT2D eigenvalue weighted by molar-refractivity contribution is 0.995. The first-order chi connectivity index (χ1) is 4.43. The number of aromatic nitrogens is 1. The molecule has 0 unspecified atom stereocenters. The van der Waals surface area contributed by atoms with E-state index in [4.69, 9.17) is 5.84 Å². The van der Waals surface area contributed by atoms with Gasteiger partial charge in [-0.1, -0.05) is 10.4 Å². The number of aromatic amines is 1. The fourth-order valence-corrected chi connectivity index (χ4v) is 0.483. The molecule has 5 nitrogen and oxygen atoms in total. The summed E-state index contributed by atoms with van der Waals surface area (Å²) in [6, 6.07) is 3.66. The minimum atomic E-state index is 0.768. The van der Waals surface area contributed by atoms with E-state index in [0.29, 0.717) is 0 Å². The lowest BCUT2D eigenvalue weighted by Crippen LogP contribution is -1.87. The van der Waals surface area contributed by atoms with Gasteiger partial charge in [0.1, 0.15) is 5.82 Å². The molecule has 0 amide bonds. The third-order valence-electron chi connectivity index (χ3n) is 0.826. The fraction of sp³-hybridized carbons (Fsp3) is 0. The molecule has 0 bridgehead atoms. The summed E-state index contributed by atoms with van der Waals surface area (Å²) in [7, 11) is 0. The van der Waals surface area contributed by atoms with Crippen LogP contribution in [-0.4, -0.2) is 4.98 Å². The highest BCUT2D eigenvalue weighted by molar-refractivity contribution is 5.32. The standard InChI is InChI=1S/C4H7N5/c5-8-9-7-4-2-1-3-6-4/h1-3,6H,(H2,5,9)(H,7,8). The minimum absolute atomic E-state index is 0.768. The Kier molecular flexibility index (Phi) is 1.69. The van der Waals surface area contributed by atoms with Crippen molar-refractivity contribution in [2.24, 2.45) is 16.3 Å². The lowest BCUT2D eigenvalue weighted by atomic mass is 10.6. The van der Waals surface area contributed by atoms with Crippen LogP contribution in [0.4, 0.5) is 5.82 Å². The summed E-state index contributed by atoms with van der Waals surface area (Å²) < 4.78 is 0. The van der Waals surface area contributed by atoms with Crippen LogP contribution >= 0.6 is 0 Å². The Balaban J connectivity index is 2.48. The summed E-state index contributed by atoms with van der Waals surface area (Å²) in [5.74, 6) is 5.49. The van der Waals surface area contributed by atoms with Crippen molar-refractivity contribution in [1.82, 2.24) is 4.98 Å². The molecule has 0 aliphatic heterocycles. The summed E-state index contributed by atoms with van der Waals surface area (Å²) in [5, 5.41) is 6.34. The summed E-state index contributed by atoms with van der Waals surface area (Å²) in [4.78, 5) is 2.85. The van der Waals surface area contributed by atoms with Crippen molar-refractivity contribution in [2.75, 3.05) is 5.43 Å². The van der Waals surface area contributed by atoms with E-state index in [1.54, 1.807) is 6.20 Å². The van der Waals surface area contributed by atoms with Gasteiger partial charge in [-0.25, -0.2) is 5.43 Å². The molecule has 5 heteroatoms. The van der Waals surface area contributed by atoms with E-state index in [1.807, 2.05) is 12.1 Å². The van der Waals surface area contributed by atoms with Crippen molar-refractivity contribution in [3.8, 4) is 0 Å². The highest BCUT2D eigenvalue weighted by Gasteiger charge is 1.83. The maximum atomic E-state index is 4.73. The van der Waals surface area contributed by atoms with Gasteiger partial charge >= 0.3 is 0 Å². The maximum Gasteiger partial charge on any atom is 0.125 e. The Morgan fingerprint density at radius 3 is 3.11 bits per heavy atom. The fourth-order valence-electron chi connectivity index (χ4n) is 0.483. The molecule has 0 aliphatic rings. The summed E-state index contributed by atoms with van der Waals surface area (Å²) in [6.45, 7) is 0.